The molecule has 0 unspecified atom stereocenters. The maximum absolute atomic E-state index is 2.62. The van der Waals surface area contributed by atoms with Gasteiger partial charge in [0.25, 0.3) is 0 Å². The van der Waals surface area contributed by atoms with Crippen molar-refractivity contribution >= 4 is 53.9 Å². The molecule has 0 saturated heterocycles. The maximum atomic E-state index is 2.62. The lowest BCUT2D eigenvalue weighted by atomic mass is 9.68. The minimum Gasteiger partial charge on any atom is -0.0622 e. The van der Waals surface area contributed by atoms with E-state index in [0.29, 0.717) is 0 Å². The van der Waals surface area contributed by atoms with Gasteiger partial charge in [-0.05, 0) is 127 Å². The molecule has 2 aliphatic carbocycles. The zero-order valence-corrected chi connectivity index (χ0v) is 31.1. The highest BCUT2D eigenvalue weighted by Gasteiger charge is 2.53. The molecule has 13 rings (SSSR count). The Morgan fingerprint density at radius 2 is 0.614 bits per heavy atom. The normalized spacial score (nSPS) is 13.4. The summed E-state index contributed by atoms with van der Waals surface area (Å²) in [6, 6.07) is 77.6. The molecular weight excluding hydrogens is 685 g/mol. The molecule has 0 radical (unpaired) electrons. The van der Waals surface area contributed by atoms with E-state index in [4.69, 9.17) is 0 Å². The lowest BCUT2D eigenvalue weighted by Gasteiger charge is -2.32. The van der Waals surface area contributed by atoms with Crippen LogP contribution in [0.2, 0.25) is 0 Å². The second kappa shape index (κ2) is 11.4. The topological polar surface area (TPSA) is 0 Å². The summed E-state index contributed by atoms with van der Waals surface area (Å²) < 4.78 is 0. The van der Waals surface area contributed by atoms with Gasteiger partial charge in [-0.2, -0.15) is 0 Å². The molecule has 0 N–H and O–H groups in total. The Morgan fingerprint density at radius 1 is 0.228 bits per heavy atom. The molecule has 0 atom stereocenters. The fourth-order valence-corrected chi connectivity index (χ4v) is 11.2. The first-order valence-electron chi connectivity index (χ1n) is 20.0. The Bertz CT molecular complexity index is 3410. The van der Waals surface area contributed by atoms with Crippen molar-refractivity contribution in [2.45, 2.75) is 5.41 Å². The van der Waals surface area contributed by atoms with Gasteiger partial charge < -0.3 is 0 Å². The fraction of sp³-hybridized carbons (Fsp3) is 0.0175. The summed E-state index contributed by atoms with van der Waals surface area (Å²) in [6.07, 6.45) is 0. The van der Waals surface area contributed by atoms with Gasteiger partial charge in [0.1, 0.15) is 0 Å². The van der Waals surface area contributed by atoms with Crippen LogP contribution in [0.3, 0.4) is 0 Å². The van der Waals surface area contributed by atoms with Crippen molar-refractivity contribution in [3.63, 3.8) is 0 Å². The SMILES string of the molecule is c1ccc(-c2c3ccccc3c(-c3cc4c(c5ccccc35)-c3c(c5ccccc5c5ccccc35)C43c4ccccc4-c4ccccc43)c3ccccc23)cc1. The van der Waals surface area contributed by atoms with Crippen molar-refractivity contribution in [1.82, 2.24) is 0 Å². The molecule has 0 heterocycles. The molecule has 0 aliphatic heterocycles. The lowest BCUT2D eigenvalue weighted by molar-refractivity contribution is 0.803. The maximum Gasteiger partial charge on any atom is 0.0732 e. The Hall–Kier alpha value is -7.28. The van der Waals surface area contributed by atoms with Gasteiger partial charge in [0.05, 0.1) is 5.41 Å². The van der Waals surface area contributed by atoms with Crippen molar-refractivity contribution in [3.05, 3.63) is 229 Å². The van der Waals surface area contributed by atoms with Crippen LogP contribution < -0.4 is 0 Å². The number of hydrogen-bond donors (Lipinski definition) is 0. The molecule has 11 aromatic carbocycles. The first-order chi connectivity index (χ1) is 28.3. The highest BCUT2D eigenvalue weighted by atomic mass is 14.5. The molecule has 0 heteroatoms. The Balaban J connectivity index is 1.28. The second-order valence-corrected chi connectivity index (χ2v) is 15.8. The highest BCUT2D eigenvalue weighted by molar-refractivity contribution is 6.27. The first kappa shape index (κ1) is 31.0. The Morgan fingerprint density at radius 3 is 1.18 bits per heavy atom. The smallest absolute Gasteiger partial charge is 0.0622 e. The van der Waals surface area contributed by atoms with Crippen LogP contribution >= 0.6 is 0 Å². The van der Waals surface area contributed by atoms with E-state index < -0.39 is 5.41 Å². The average Bonchev–Trinajstić information content (AvgIpc) is 3.76. The second-order valence-electron chi connectivity index (χ2n) is 15.8. The van der Waals surface area contributed by atoms with E-state index in [2.05, 4.69) is 206 Å². The van der Waals surface area contributed by atoms with Crippen molar-refractivity contribution in [1.29, 1.82) is 0 Å². The lowest BCUT2D eigenvalue weighted by Crippen LogP contribution is -2.26. The number of fused-ring (bicyclic) bond motifs is 19. The number of hydrogen-bond acceptors (Lipinski definition) is 0. The summed E-state index contributed by atoms with van der Waals surface area (Å²) in [5.41, 5.74) is 15.4. The summed E-state index contributed by atoms with van der Waals surface area (Å²) in [4.78, 5) is 0. The average molecular weight is 719 g/mol. The van der Waals surface area contributed by atoms with Gasteiger partial charge in [-0.25, -0.2) is 0 Å². The molecule has 0 fully saturated rings. The van der Waals surface area contributed by atoms with Crippen molar-refractivity contribution in [2.75, 3.05) is 0 Å². The molecule has 0 saturated carbocycles. The van der Waals surface area contributed by atoms with Gasteiger partial charge in [0.15, 0.2) is 0 Å². The van der Waals surface area contributed by atoms with Crippen LogP contribution in [0, 0.1) is 0 Å². The van der Waals surface area contributed by atoms with Gasteiger partial charge in [-0.3, -0.25) is 0 Å². The molecule has 0 bridgehead atoms. The zero-order chi connectivity index (χ0) is 37.2. The summed E-state index contributed by atoms with van der Waals surface area (Å²) in [5.74, 6) is 0. The van der Waals surface area contributed by atoms with Crippen molar-refractivity contribution < 1.29 is 0 Å². The van der Waals surface area contributed by atoms with Gasteiger partial charge in [0, 0.05) is 0 Å². The number of rotatable bonds is 2. The first-order valence-corrected chi connectivity index (χ1v) is 20.0. The van der Waals surface area contributed by atoms with Crippen LogP contribution in [-0.2, 0) is 5.41 Å². The molecular formula is C57H34. The minimum atomic E-state index is -0.532. The van der Waals surface area contributed by atoms with E-state index in [1.807, 2.05) is 0 Å². The molecule has 2 aliphatic rings. The van der Waals surface area contributed by atoms with Gasteiger partial charge >= 0.3 is 0 Å². The summed E-state index contributed by atoms with van der Waals surface area (Å²) in [6.45, 7) is 0. The Labute approximate surface area is 330 Å². The highest BCUT2D eigenvalue weighted by Crippen LogP contribution is 2.67. The van der Waals surface area contributed by atoms with Crippen molar-refractivity contribution in [3.8, 4) is 44.5 Å². The number of benzene rings is 11. The predicted octanol–water partition coefficient (Wildman–Crippen LogP) is 15.1. The minimum absolute atomic E-state index is 0.532. The van der Waals surface area contributed by atoms with Gasteiger partial charge in [0.2, 0.25) is 0 Å². The molecule has 0 nitrogen and oxygen atoms in total. The van der Waals surface area contributed by atoms with Crippen LogP contribution in [0.1, 0.15) is 22.3 Å². The third kappa shape index (κ3) is 3.87. The van der Waals surface area contributed by atoms with E-state index in [-0.39, 0.29) is 0 Å². The van der Waals surface area contributed by atoms with Crippen LogP contribution in [0.4, 0.5) is 0 Å². The van der Waals surface area contributed by atoms with E-state index in [9.17, 15) is 0 Å². The third-order valence-corrected chi connectivity index (χ3v) is 13.2. The van der Waals surface area contributed by atoms with Crippen LogP contribution in [0.15, 0.2) is 206 Å². The largest absolute Gasteiger partial charge is 0.0732 e. The van der Waals surface area contributed by atoms with Crippen LogP contribution in [-0.4, -0.2) is 0 Å². The summed E-state index contributed by atoms with van der Waals surface area (Å²) in [5, 5.41) is 12.9. The van der Waals surface area contributed by atoms with Gasteiger partial charge in [-0.15, -0.1) is 0 Å². The van der Waals surface area contributed by atoms with E-state index in [1.165, 1.54) is 121 Å². The molecule has 11 aromatic rings. The van der Waals surface area contributed by atoms with Crippen LogP contribution in [0.25, 0.3) is 98.4 Å². The van der Waals surface area contributed by atoms with E-state index in [1.54, 1.807) is 0 Å². The molecule has 0 aromatic heterocycles. The van der Waals surface area contributed by atoms with Crippen molar-refractivity contribution in [2.24, 2.45) is 0 Å². The summed E-state index contributed by atoms with van der Waals surface area (Å²) in [7, 11) is 0. The standard InChI is InChI=1S/C57H34/c1-2-18-35(19-3-1)52-43-27-9-11-29-45(43)53(46-30-12-10-28-44(46)52)48-34-51-54(41-25-7-5-22-38(41)48)55-42-26-8-4-20-36(42)37-21-6-13-31-47(37)56(55)57(51)49-32-16-14-23-39(49)40-24-15-17-33-50(40)57/h1-34H. The molecule has 1 spiro atoms. The molecule has 57 heavy (non-hydrogen) atoms. The van der Waals surface area contributed by atoms with E-state index in [0.717, 1.165) is 0 Å². The monoisotopic (exact) mass is 718 g/mol. The fourth-order valence-electron chi connectivity index (χ4n) is 11.2. The zero-order valence-electron chi connectivity index (χ0n) is 31.1. The van der Waals surface area contributed by atoms with Gasteiger partial charge in [-0.1, -0.05) is 200 Å². The third-order valence-electron chi connectivity index (χ3n) is 13.2. The molecule has 0 amide bonds. The quantitative estimate of drug-likeness (QED) is 0.123. The molecule has 262 valence electrons. The van der Waals surface area contributed by atoms with Crippen LogP contribution in [0.5, 0.6) is 0 Å². The van der Waals surface area contributed by atoms with E-state index >= 15 is 0 Å². The predicted molar refractivity (Wildman–Crippen MR) is 241 cm³/mol. The summed E-state index contributed by atoms with van der Waals surface area (Å²) >= 11 is 0. The Kier molecular flexibility index (Phi) is 6.19.